The number of carbonyl (C=O) groups is 1. The summed E-state index contributed by atoms with van der Waals surface area (Å²) in [6.07, 6.45) is 6.49. The molecule has 0 unspecified atom stereocenters. The molecule has 0 radical (unpaired) electrons. The van der Waals surface area contributed by atoms with Crippen LogP contribution in [0.4, 0.5) is 0 Å². The van der Waals surface area contributed by atoms with Crippen LogP contribution in [0.25, 0.3) is 6.08 Å². The van der Waals surface area contributed by atoms with E-state index in [0.717, 1.165) is 24.2 Å². The fraction of sp³-hybridized carbons (Fsp3) is 0.357. The zero-order valence-electron chi connectivity index (χ0n) is 9.44. The summed E-state index contributed by atoms with van der Waals surface area (Å²) in [6.45, 7) is 4.47. The van der Waals surface area contributed by atoms with E-state index in [9.17, 15) is 4.79 Å². The molecule has 0 spiro atoms. The molecule has 0 saturated carbocycles. The van der Waals surface area contributed by atoms with Gasteiger partial charge in [0.25, 0.3) is 0 Å². The molecule has 1 rings (SSSR count). The average molecular weight is 202 g/mol. The van der Waals surface area contributed by atoms with Crippen LogP contribution in [-0.2, 0) is 11.2 Å². The van der Waals surface area contributed by atoms with Gasteiger partial charge in [0.15, 0.2) is 0 Å². The van der Waals surface area contributed by atoms with Crippen molar-refractivity contribution in [1.82, 2.24) is 0 Å². The van der Waals surface area contributed by atoms with Gasteiger partial charge in [-0.25, -0.2) is 0 Å². The highest BCUT2D eigenvalue weighted by atomic mass is 16.1. The average Bonchev–Trinajstić information content (AvgIpc) is 2.25. The van der Waals surface area contributed by atoms with E-state index in [4.69, 9.17) is 0 Å². The standard InChI is InChI=1S/C14H18O/c1-12(2)5-6-14-9-7-13(8-10-14)4-3-11-15/h3-4,7-12H,5-6H2,1-2H3. The Hall–Kier alpha value is -1.37. The van der Waals surface area contributed by atoms with Gasteiger partial charge in [-0.15, -0.1) is 0 Å². The lowest BCUT2D eigenvalue weighted by molar-refractivity contribution is -0.104. The van der Waals surface area contributed by atoms with Gasteiger partial charge in [-0.05, 0) is 36.0 Å². The maximum atomic E-state index is 10.1. The summed E-state index contributed by atoms with van der Waals surface area (Å²) >= 11 is 0. The number of aldehydes is 1. The van der Waals surface area contributed by atoms with Crippen molar-refractivity contribution in [2.75, 3.05) is 0 Å². The summed E-state index contributed by atoms with van der Waals surface area (Å²) in [5.41, 5.74) is 2.45. The second-order valence-corrected chi connectivity index (χ2v) is 4.17. The summed E-state index contributed by atoms with van der Waals surface area (Å²) in [5.74, 6) is 0.750. The molecule has 0 aromatic heterocycles. The van der Waals surface area contributed by atoms with E-state index < -0.39 is 0 Å². The molecule has 0 saturated heterocycles. The van der Waals surface area contributed by atoms with E-state index in [1.807, 2.05) is 6.08 Å². The maximum absolute atomic E-state index is 10.1. The van der Waals surface area contributed by atoms with E-state index in [2.05, 4.69) is 38.1 Å². The first-order chi connectivity index (χ1) is 7.22. The number of rotatable bonds is 5. The van der Waals surface area contributed by atoms with Gasteiger partial charge in [-0.1, -0.05) is 44.2 Å². The summed E-state index contributed by atoms with van der Waals surface area (Å²) in [6, 6.07) is 8.37. The summed E-state index contributed by atoms with van der Waals surface area (Å²) in [5, 5.41) is 0. The highest BCUT2D eigenvalue weighted by molar-refractivity contribution is 5.73. The van der Waals surface area contributed by atoms with Crippen LogP contribution in [0.15, 0.2) is 30.3 Å². The first kappa shape index (κ1) is 11.7. The third-order valence-electron chi connectivity index (χ3n) is 2.36. The van der Waals surface area contributed by atoms with Crippen LogP contribution >= 0.6 is 0 Å². The molecule has 1 heteroatoms. The first-order valence-electron chi connectivity index (χ1n) is 5.43. The molecule has 0 bridgehead atoms. The van der Waals surface area contributed by atoms with Crippen LogP contribution in [0.3, 0.4) is 0 Å². The molecule has 15 heavy (non-hydrogen) atoms. The minimum atomic E-state index is 0.750. The number of benzene rings is 1. The van der Waals surface area contributed by atoms with Crippen molar-refractivity contribution in [2.24, 2.45) is 5.92 Å². The molecule has 0 atom stereocenters. The Morgan fingerprint density at radius 1 is 1.20 bits per heavy atom. The minimum absolute atomic E-state index is 0.750. The van der Waals surface area contributed by atoms with Crippen molar-refractivity contribution >= 4 is 12.4 Å². The second-order valence-electron chi connectivity index (χ2n) is 4.17. The molecular weight excluding hydrogens is 184 g/mol. The number of aryl methyl sites for hydroxylation is 1. The van der Waals surface area contributed by atoms with Crippen LogP contribution < -0.4 is 0 Å². The van der Waals surface area contributed by atoms with Gasteiger partial charge in [-0.2, -0.15) is 0 Å². The molecule has 0 fully saturated rings. The topological polar surface area (TPSA) is 17.1 Å². The van der Waals surface area contributed by atoms with Gasteiger partial charge >= 0.3 is 0 Å². The molecule has 1 aromatic rings. The van der Waals surface area contributed by atoms with Crippen LogP contribution in [-0.4, -0.2) is 6.29 Å². The highest BCUT2D eigenvalue weighted by Crippen LogP contribution is 2.11. The minimum Gasteiger partial charge on any atom is -0.299 e. The number of carbonyl (C=O) groups excluding carboxylic acids is 1. The molecule has 1 aromatic carbocycles. The summed E-state index contributed by atoms with van der Waals surface area (Å²) in [4.78, 5) is 10.1. The number of hydrogen-bond donors (Lipinski definition) is 0. The number of allylic oxidation sites excluding steroid dienone is 1. The lowest BCUT2D eigenvalue weighted by Crippen LogP contribution is -1.91. The Labute approximate surface area is 91.8 Å². The van der Waals surface area contributed by atoms with Crippen molar-refractivity contribution in [1.29, 1.82) is 0 Å². The van der Waals surface area contributed by atoms with Gasteiger partial charge in [0.1, 0.15) is 6.29 Å². The Bertz CT molecular complexity index is 320. The van der Waals surface area contributed by atoms with Crippen molar-refractivity contribution in [3.05, 3.63) is 41.5 Å². The largest absolute Gasteiger partial charge is 0.299 e. The van der Waals surface area contributed by atoms with E-state index in [1.165, 1.54) is 18.1 Å². The predicted octanol–water partition coefficient (Wildman–Crippen LogP) is 3.49. The molecule has 1 nitrogen and oxygen atoms in total. The van der Waals surface area contributed by atoms with Crippen molar-refractivity contribution in [2.45, 2.75) is 26.7 Å². The quantitative estimate of drug-likeness (QED) is 0.527. The molecule has 0 aliphatic rings. The lowest BCUT2D eigenvalue weighted by atomic mass is 10.0. The summed E-state index contributed by atoms with van der Waals surface area (Å²) in [7, 11) is 0. The van der Waals surface area contributed by atoms with Crippen molar-refractivity contribution in [3.8, 4) is 0 Å². The van der Waals surface area contributed by atoms with Crippen molar-refractivity contribution in [3.63, 3.8) is 0 Å². The van der Waals surface area contributed by atoms with Crippen LogP contribution in [0, 0.1) is 5.92 Å². The SMILES string of the molecule is CC(C)CCc1ccc(C=CC=O)cc1. The monoisotopic (exact) mass is 202 g/mol. The van der Waals surface area contributed by atoms with Gasteiger partial charge in [-0.3, -0.25) is 4.79 Å². The molecule has 0 aliphatic heterocycles. The summed E-state index contributed by atoms with van der Waals surface area (Å²) < 4.78 is 0. The molecular formula is C14H18O. The Balaban J connectivity index is 2.56. The predicted molar refractivity (Wildman–Crippen MR) is 64.7 cm³/mol. The lowest BCUT2D eigenvalue weighted by Gasteiger charge is -2.04. The molecule has 80 valence electrons. The Kier molecular flexibility index (Phi) is 4.82. The highest BCUT2D eigenvalue weighted by Gasteiger charge is 1.96. The fourth-order valence-electron chi connectivity index (χ4n) is 1.40. The molecule has 0 amide bonds. The van der Waals surface area contributed by atoms with E-state index >= 15 is 0 Å². The van der Waals surface area contributed by atoms with Gasteiger partial charge in [0.2, 0.25) is 0 Å². The zero-order valence-corrected chi connectivity index (χ0v) is 9.44. The maximum Gasteiger partial charge on any atom is 0.142 e. The van der Waals surface area contributed by atoms with Crippen LogP contribution in [0.1, 0.15) is 31.4 Å². The molecule has 0 N–H and O–H groups in total. The van der Waals surface area contributed by atoms with Gasteiger partial charge in [0.05, 0.1) is 0 Å². The zero-order chi connectivity index (χ0) is 11.1. The number of hydrogen-bond acceptors (Lipinski definition) is 1. The molecule has 0 aliphatic carbocycles. The van der Waals surface area contributed by atoms with Crippen molar-refractivity contribution < 1.29 is 4.79 Å². The van der Waals surface area contributed by atoms with E-state index in [0.29, 0.717) is 0 Å². The van der Waals surface area contributed by atoms with Crippen LogP contribution in [0.5, 0.6) is 0 Å². The second kappa shape index (κ2) is 6.18. The van der Waals surface area contributed by atoms with Crippen LogP contribution in [0.2, 0.25) is 0 Å². The Morgan fingerprint density at radius 3 is 2.40 bits per heavy atom. The van der Waals surface area contributed by atoms with E-state index in [-0.39, 0.29) is 0 Å². The smallest absolute Gasteiger partial charge is 0.142 e. The normalized spacial score (nSPS) is 11.1. The first-order valence-corrected chi connectivity index (χ1v) is 5.43. The third kappa shape index (κ3) is 4.59. The fourth-order valence-corrected chi connectivity index (χ4v) is 1.40. The van der Waals surface area contributed by atoms with E-state index in [1.54, 1.807) is 0 Å². The van der Waals surface area contributed by atoms with Gasteiger partial charge in [0, 0.05) is 0 Å². The third-order valence-corrected chi connectivity index (χ3v) is 2.36. The molecule has 0 heterocycles. The Morgan fingerprint density at radius 2 is 1.87 bits per heavy atom. The van der Waals surface area contributed by atoms with Gasteiger partial charge < -0.3 is 0 Å².